The molecule has 2 aromatic carbocycles. The summed E-state index contributed by atoms with van der Waals surface area (Å²) in [6.07, 6.45) is -2.97. The number of hydrogen-bond donors (Lipinski definition) is 4. The van der Waals surface area contributed by atoms with Gasteiger partial charge < -0.3 is 21.3 Å². The number of aryl methyl sites for hydroxylation is 1. The van der Waals surface area contributed by atoms with Gasteiger partial charge in [-0.3, -0.25) is 0 Å². The molecule has 4 rings (SSSR count). The Morgan fingerprint density at radius 2 is 1.44 bits per heavy atom. The first-order valence-electron chi connectivity index (χ1n) is 10.5. The molecular weight excluding hydrogens is 495 g/mol. The van der Waals surface area contributed by atoms with E-state index < -0.39 is 22.8 Å². The van der Waals surface area contributed by atoms with Crippen molar-refractivity contribution in [1.82, 2.24) is 15.0 Å². The van der Waals surface area contributed by atoms with Gasteiger partial charge in [0.2, 0.25) is 0 Å². The summed E-state index contributed by atoms with van der Waals surface area (Å²) >= 11 is 5.61. The normalized spacial score (nSPS) is 11.0. The molecule has 8 nitrogen and oxygen atoms in total. The molecule has 4 aromatic rings. The van der Waals surface area contributed by atoms with Crippen molar-refractivity contribution in [2.24, 2.45) is 0 Å². The number of halogens is 4. The maximum Gasteiger partial charge on any atom is 0.417 e. The summed E-state index contributed by atoms with van der Waals surface area (Å²) in [5.74, 6) is 2.30. The van der Waals surface area contributed by atoms with Crippen LogP contribution in [0.2, 0.25) is 5.02 Å². The van der Waals surface area contributed by atoms with E-state index in [1.165, 1.54) is 6.07 Å². The van der Waals surface area contributed by atoms with Gasteiger partial charge in [0, 0.05) is 29.3 Å². The average Bonchev–Trinajstić information content (AvgIpc) is 2.81. The first kappa shape index (κ1) is 24.7. The van der Waals surface area contributed by atoms with E-state index in [1.807, 2.05) is 18.2 Å². The van der Waals surface area contributed by atoms with Gasteiger partial charge in [-0.1, -0.05) is 17.7 Å². The summed E-state index contributed by atoms with van der Waals surface area (Å²) in [6.45, 7) is 1.76. The number of carbonyl (C=O) groups excluding carboxylic acids is 1. The summed E-state index contributed by atoms with van der Waals surface area (Å²) in [5.41, 5.74) is 0.0438. The Bertz CT molecular complexity index is 1370. The SMILES string of the molecule is Cc1nc(Nc2ccc(NC(=O)Nc3ccc(Cl)c(C(F)(F)F)c3)cc2)cc(Nc2ccccn2)n1. The van der Waals surface area contributed by atoms with Gasteiger partial charge in [0.15, 0.2) is 0 Å². The van der Waals surface area contributed by atoms with Gasteiger partial charge in [-0.2, -0.15) is 13.2 Å². The molecule has 0 aliphatic carbocycles. The molecule has 2 aromatic heterocycles. The van der Waals surface area contributed by atoms with Gasteiger partial charge >= 0.3 is 12.2 Å². The van der Waals surface area contributed by atoms with Crippen LogP contribution in [-0.2, 0) is 6.18 Å². The molecule has 0 aliphatic heterocycles. The van der Waals surface area contributed by atoms with Crippen LogP contribution in [0.4, 0.5) is 52.5 Å². The summed E-state index contributed by atoms with van der Waals surface area (Å²) in [6, 6.07) is 16.3. The second-order valence-corrected chi connectivity index (χ2v) is 7.91. The molecule has 0 radical (unpaired) electrons. The minimum Gasteiger partial charge on any atom is -0.340 e. The lowest BCUT2D eigenvalue weighted by Crippen LogP contribution is -2.19. The van der Waals surface area contributed by atoms with E-state index in [0.717, 1.165) is 12.1 Å². The fraction of sp³-hybridized carbons (Fsp3) is 0.0833. The van der Waals surface area contributed by atoms with Crippen LogP contribution in [0.3, 0.4) is 0 Å². The number of rotatable bonds is 6. The summed E-state index contributed by atoms with van der Waals surface area (Å²) < 4.78 is 39.0. The predicted molar refractivity (Wildman–Crippen MR) is 133 cm³/mol. The highest BCUT2D eigenvalue weighted by molar-refractivity contribution is 6.31. The molecule has 36 heavy (non-hydrogen) atoms. The topological polar surface area (TPSA) is 104 Å². The van der Waals surface area contributed by atoms with Gasteiger partial charge in [0.1, 0.15) is 23.3 Å². The molecule has 0 unspecified atom stereocenters. The fourth-order valence-electron chi connectivity index (χ4n) is 3.16. The lowest BCUT2D eigenvalue weighted by Gasteiger charge is -2.13. The van der Waals surface area contributed by atoms with Crippen LogP contribution >= 0.6 is 11.6 Å². The average molecular weight is 514 g/mol. The smallest absolute Gasteiger partial charge is 0.340 e. The molecule has 0 aliphatic rings. The number of nitrogens with one attached hydrogen (secondary N) is 4. The van der Waals surface area contributed by atoms with Crippen molar-refractivity contribution in [3.8, 4) is 0 Å². The maximum absolute atomic E-state index is 13.0. The minimum atomic E-state index is -4.63. The molecule has 12 heteroatoms. The molecule has 2 heterocycles. The fourth-order valence-corrected chi connectivity index (χ4v) is 3.39. The van der Waals surface area contributed by atoms with Crippen molar-refractivity contribution in [2.45, 2.75) is 13.1 Å². The lowest BCUT2D eigenvalue weighted by atomic mass is 10.2. The molecule has 184 valence electrons. The van der Waals surface area contributed by atoms with Crippen LogP contribution in [0.15, 0.2) is 72.9 Å². The first-order chi connectivity index (χ1) is 17.2. The molecule has 0 bridgehead atoms. The van der Waals surface area contributed by atoms with Gasteiger partial charge in [0.25, 0.3) is 0 Å². The number of aromatic nitrogens is 3. The standard InChI is InChI=1S/C24H19ClF3N7O/c1-14-30-21(13-22(31-14)35-20-4-2-3-11-29-20)32-15-5-7-16(8-6-15)33-23(36)34-17-9-10-19(25)18(12-17)24(26,27)28/h2-13H,1H3,(H2,33,34,36)(H2,29,30,31,32,35). The van der Waals surface area contributed by atoms with Crippen molar-refractivity contribution < 1.29 is 18.0 Å². The van der Waals surface area contributed by atoms with Crippen molar-refractivity contribution in [3.05, 3.63) is 89.3 Å². The van der Waals surface area contributed by atoms with Gasteiger partial charge in [0.05, 0.1) is 10.6 Å². The number of urea groups is 1. The van der Waals surface area contributed by atoms with Crippen LogP contribution in [-0.4, -0.2) is 21.0 Å². The summed E-state index contributed by atoms with van der Waals surface area (Å²) in [7, 11) is 0. The Labute approximate surface area is 209 Å². The van der Waals surface area contributed by atoms with Crippen LogP contribution in [0.1, 0.15) is 11.4 Å². The largest absolute Gasteiger partial charge is 0.417 e. The number of nitrogens with zero attached hydrogens (tertiary/aromatic N) is 3. The third kappa shape index (κ3) is 6.60. The summed E-state index contributed by atoms with van der Waals surface area (Å²) in [4.78, 5) is 25.2. The number of benzene rings is 2. The Hall–Kier alpha value is -4.38. The second kappa shape index (κ2) is 10.5. The molecule has 0 fully saturated rings. The van der Waals surface area contributed by atoms with Crippen LogP contribution in [0.25, 0.3) is 0 Å². The zero-order valence-corrected chi connectivity index (χ0v) is 19.4. The quantitative estimate of drug-likeness (QED) is 0.222. The third-order valence-electron chi connectivity index (χ3n) is 4.70. The Balaban J connectivity index is 1.38. The van der Waals surface area contributed by atoms with E-state index >= 15 is 0 Å². The van der Waals surface area contributed by atoms with Crippen molar-refractivity contribution in [3.63, 3.8) is 0 Å². The Morgan fingerprint density at radius 1 is 0.806 bits per heavy atom. The Kier molecular flexibility index (Phi) is 7.20. The lowest BCUT2D eigenvalue weighted by molar-refractivity contribution is -0.137. The highest BCUT2D eigenvalue weighted by Crippen LogP contribution is 2.36. The highest BCUT2D eigenvalue weighted by atomic mass is 35.5. The zero-order valence-electron chi connectivity index (χ0n) is 18.7. The zero-order chi connectivity index (χ0) is 25.7. The van der Waals surface area contributed by atoms with Crippen molar-refractivity contribution >= 4 is 52.1 Å². The van der Waals surface area contributed by atoms with E-state index in [1.54, 1.807) is 43.5 Å². The summed E-state index contributed by atoms with van der Waals surface area (Å²) in [5, 5.41) is 10.7. The second-order valence-electron chi connectivity index (χ2n) is 7.50. The molecule has 2 amide bonds. The monoisotopic (exact) mass is 513 g/mol. The van der Waals surface area contributed by atoms with Gasteiger partial charge in [-0.15, -0.1) is 0 Å². The molecule has 0 saturated heterocycles. The van der Waals surface area contributed by atoms with Crippen molar-refractivity contribution in [1.29, 1.82) is 0 Å². The number of anilines is 6. The van der Waals surface area contributed by atoms with Gasteiger partial charge in [-0.25, -0.2) is 19.7 Å². The number of pyridine rings is 1. The molecule has 0 atom stereocenters. The number of hydrogen-bond acceptors (Lipinski definition) is 6. The molecule has 0 spiro atoms. The third-order valence-corrected chi connectivity index (χ3v) is 5.03. The van der Waals surface area contributed by atoms with E-state index in [2.05, 4.69) is 36.2 Å². The van der Waals surface area contributed by atoms with Gasteiger partial charge in [-0.05, 0) is 61.5 Å². The number of amides is 2. The van der Waals surface area contributed by atoms with Crippen LogP contribution < -0.4 is 21.3 Å². The van der Waals surface area contributed by atoms with Crippen LogP contribution in [0.5, 0.6) is 0 Å². The van der Waals surface area contributed by atoms with E-state index in [9.17, 15) is 18.0 Å². The molecular formula is C24H19ClF3N7O. The van der Waals surface area contributed by atoms with Crippen LogP contribution in [0, 0.1) is 6.92 Å². The van der Waals surface area contributed by atoms with E-state index in [0.29, 0.717) is 34.7 Å². The van der Waals surface area contributed by atoms with E-state index in [-0.39, 0.29) is 5.69 Å². The predicted octanol–water partition coefficient (Wildman–Crippen LogP) is 6.98. The molecule has 0 saturated carbocycles. The maximum atomic E-state index is 13.0. The Morgan fingerprint density at radius 3 is 2.11 bits per heavy atom. The highest BCUT2D eigenvalue weighted by Gasteiger charge is 2.33. The van der Waals surface area contributed by atoms with E-state index in [4.69, 9.17) is 11.6 Å². The molecule has 4 N–H and O–H groups in total. The van der Waals surface area contributed by atoms with Crippen molar-refractivity contribution in [2.75, 3.05) is 21.3 Å². The number of alkyl halides is 3. The minimum absolute atomic E-state index is 0.0447. The number of carbonyl (C=O) groups is 1. The first-order valence-corrected chi connectivity index (χ1v) is 10.9.